The number of carbonyl (C=O) groups excluding carboxylic acids is 1. The van der Waals surface area contributed by atoms with Crippen LogP contribution in [0.15, 0.2) is 29.4 Å². The number of halogens is 1. The second kappa shape index (κ2) is 5.66. The quantitative estimate of drug-likeness (QED) is 0.638. The Morgan fingerprint density at radius 2 is 1.88 bits per heavy atom. The lowest BCUT2D eigenvalue weighted by Gasteiger charge is -2.04. The smallest absolute Gasteiger partial charge is 0.267 e. The summed E-state index contributed by atoms with van der Waals surface area (Å²) < 4.78 is 0. The lowest BCUT2D eigenvalue weighted by Crippen LogP contribution is -2.20. The highest BCUT2D eigenvalue weighted by Gasteiger charge is 2.04. The fourth-order valence-corrected chi connectivity index (χ4v) is 1.06. The zero-order valence-electron chi connectivity index (χ0n) is 9.62. The molecule has 16 heavy (non-hydrogen) atoms. The third-order valence-electron chi connectivity index (χ3n) is 2.28. The van der Waals surface area contributed by atoms with Crippen molar-refractivity contribution in [3.8, 4) is 0 Å². The van der Waals surface area contributed by atoms with Crippen LogP contribution in [0.25, 0.3) is 0 Å². The minimum Gasteiger partial charge on any atom is -0.267 e. The van der Waals surface area contributed by atoms with Crippen LogP contribution >= 0.6 is 11.6 Å². The summed E-state index contributed by atoms with van der Waals surface area (Å²) in [7, 11) is 0. The van der Waals surface area contributed by atoms with Crippen molar-refractivity contribution in [1.29, 1.82) is 0 Å². The van der Waals surface area contributed by atoms with E-state index in [1.807, 2.05) is 20.8 Å². The molecule has 1 rings (SSSR count). The van der Waals surface area contributed by atoms with Gasteiger partial charge in [-0.25, -0.2) is 5.43 Å². The average Bonchev–Trinajstić information content (AvgIpc) is 2.26. The lowest BCUT2D eigenvalue weighted by molar-refractivity contribution is 0.0954. The molecule has 0 saturated heterocycles. The molecule has 1 aromatic rings. The largest absolute Gasteiger partial charge is 0.271 e. The van der Waals surface area contributed by atoms with Gasteiger partial charge in [0.2, 0.25) is 0 Å². The minimum absolute atomic E-state index is 0.225. The van der Waals surface area contributed by atoms with Crippen LogP contribution in [0.1, 0.15) is 31.1 Å². The van der Waals surface area contributed by atoms with Crippen LogP contribution in [-0.2, 0) is 0 Å². The third kappa shape index (κ3) is 3.66. The van der Waals surface area contributed by atoms with E-state index in [0.717, 1.165) is 5.71 Å². The molecule has 1 amide bonds. The van der Waals surface area contributed by atoms with E-state index in [0.29, 0.717) is 16.5 Å². The summed E-state index contributed by atoms with van der Waals surface area (Å²) >= 11 is 5.73. The third-order valence-corrected chi connectivity index (χ3v) is 2.53. The van der Waals surface area contributed by atoms with Gasteiger partial charge in [-0.15, -0.1) is 0 Å². The van der Waals surface area contributed by atoms with Crippen molar-refractivity contribution in [2.75, 3.05) is 0 Å². The molecule has 4 heteroatoms. The predicted molar refractivity (Wildman–Crippen MR) is 66.9 cm³/mol. The Balaban J connectivity index is 2.66. The first-order valence-electron chi connectivity index (χ1n) is 5.11. The van der Waals surface area contributed by atoms with Gasteiger partial charge in [-0.2, -0.15) is 5.10 Å². The van der Waals surface area contributed by atoms with Crippen LogP contribution in [0.5, 0.6) is 0 Å². The zero-order chi connectivity index (χ0) is 12.1. The summed E-state index contributed by atoms with van der Waals surface area (Å²) in [5.74, 6) is 0.0992. The molecule has 0 aliphatic heterocycles. The van der Waals surface area contributed by atoms with Crippen LogP contribution in [-0.4, -0.2) is 11.6 Å². The van der Waals surface area contributed by atoms with Gasteiger partial charge in [0.05, 0.1) is 0 Å². The lowest BCUT2D eigenvalue weighted by atomic mass is 10.1. The van der Waals surface area contributed by atoms with Gasteiger partial charge in [0.15, 0.2) is 0 Å². The van der Waals surface area contributed by atoms with Crippen LogP contribution in [0.4, 0.5) is 0 Å². The zero-order valence-corrected chi connectivity index (χ0v) is 10.4. The highest BCUT2D eigenvalue weighted by atomic mass is 35.5. The first-order chi connectivity index (χ1) is 7.50. The molecule has 1 aromatic carbocycles. The Kier molecular flexibility index (Phi) is 4.50. The first-order valence-corrected chi connectivity index (χ1v) is 5.48. The molecule has 0 atom stereocenters. The number of carbonyl (C=O) groups is 1. The molecule has 0 radical (unpaired) electrons. The van der Waals surface area contributed by atoms with Gasteiger partial charge in [0, 0.05) is 16.3 Å². The molecule has 0 unspecified atom stereocenters. The topological polar surface area (TPSA) is 41.5 Å². The van der Waals surface area contributed by atoms with Crippen molar-refractivity contribution < 1.29 is 4.79 Å². The Hall–Kier alpha value is -1.35. The number of rotatable bonds is 3. The van der Waals surface area contributed by atoms with E-state index in [1.54, 1.807) is 24.3 Å². The monoisotopic (exact) mass is 238 g/mol. The van der Waals surface area contributed by atoms with Crippen molar-refractivity contribution in [1.82, 2.24) is 5.43 Å². The number of hydrogen-bond donors (Lipinski definition) is 1. The maximum atomic E-state index is 11.6. The Labute approximate surface area is 101 Å². The number of amides is 1. The van der Waals surface area contributed by atoms with E-state index in [4.69, 9.17) is 11.6 Å². The van der Waals surface area contributed by atoms with Gasteiger partial charge < -0.3 is 0 Å². The van der Waals surface area contributed by atoms with Crippen molar-refractivity contribution in [2.45, 2.75) is 20.8 Å². The molecule has 0 fully saturated rings. The molecule has 0 heterocycles. The maximum absolute atomic E-state index is 11.6. The van der Waals surface area contributed by atoms with Crippen molar-refractivity contribution in [3.63, 3.8) is 0 Å². The number of nitrogens with one attached hydrogen (secondary N) is 1. The van der Waals surface area contributed by atoms with Crippen molar-refractivity contribution >= 4 is 23.2 Å². The minimum atomic E-state index is -0.225. The summed E-state index contributed by atoms with van der Waals surface area (Å²) in [6, 6.07) is 6.68. The van der Waals surface area contributed by atoms with Gasteiger partial charge >= 0.3 is 0 Å². The molecular formula is C12H15ClN2O. The van der Waals surface area contributed by atoms with E-state index >= 15 is 0 Å². The van der Waals surface area contributed by atoms with E-state index in [1.165, 1.54) is 0 Å². The highest BCUT2D eigenvalue weighted by molar-refractivity contribution is 6.30. The summed E-state index contributed by atoms with van der Waals surface area (Å²) in [4.78, 5) is 11.6. The molecule has 86 valence electrons. The van der Waals surface area contributed by atoms with Crippen LogP contribution in [0, 0.1) is 5.92 Å². The van der Waals surface area contributed by atoms with Gasteiger partial charge in [0.1, 0.15) is 0 Å². The van der Waals surface area contributed by atoms with Gasteiger partial charge in [0.25, 0.3) is 5.91 Å². The molecule has 3 nitrogen and oxygen atoms in total. The summed E-state index contributed by atoms with van der Waals surface area (Å²) in [6.45, 7) is 5.92. The first kappa shape index (κ1) is 12.7. The van der Waals surface area contributed by atoms with E-state index in [2.05, 4.69) is 10.5 Å². The predicted octanol–water partition coefficient (Wildman–Crippen LogP) is 3.10. The van der Waals surface area contributed by atoms with Crippen LogP contribution in [0.2, 0.25) is 5.02 Å². The van der Waals surface area contributed by atoms with Gasteiger partial charge in [-0.1, -0.05) is 25.4 Å². The summed E-state index contributed by atoms with van der Waals surface area (Å²) in [6.07, 6.45) is 0. The van der Waals surface area contributed by atoms with Crippen molar-refractivity contribution in [3.05, 3.63) is 34.9 Å². The highest BCUT2D eigenvalue weighted by Crippen LogP contribution is 2.09. The van der Waals surface area contributed by atoms with E-state index in [-0.39, 0.29) is 5.91 Å². The van der Waals surface area contributed by atoms with Gasteiger partial charge in [-0.3, -0.25) is 4.79 Å². The fourth-order valence-electron chi connectivity index (χ4n) is 0.934. The summed E-state index contributed by atoms with van der Waals surface area (Å²) in [5, 5.41) is 4.62. The Morgan fingerprint density at radius 1 is 1.31 bits per heavy atom. The maximum Gasteiger partial charge on any atom is 0.271 e. The normalized spacial score (nSPS) is 11.7. The number of hydrogen-bond acceptors (Lipinski definition) is 2. The number of nitrogens with zero attached hydrogens (tertiary/aromatic N) is 1. The van der Waals surface area contributed by atoms with Crippen LogP contribution in [0.3, 0.4) is 0 Å². The molecule has 0 aliphatic carbocycles. The van der Waals surface area contributed by atoms with E-state index in [9.17, 15) is 4.79 Å². The van der Waals surface area contributed by atoms with Crippen LogP contribution < -0.4 is 5.43 Å². The Morgan fingerprint density at radius 3 is 2.38 bits per heavy atom. The molecule has 1 N–H and O–H groups in total. The molecule has 0 aromatic heterocycles. The molecular weight excluding hydrogens is 224 g/mol. The second-order valence-electron chi connectivity index (χ2n) is 3.86. The number of hydrazone groups is 1. The number of benzene rings is 1. The summed E-state index contributed by atoms with van der Waals surface area (Å²) in [5.41, 5.74) is 3.94. The molecule has 0 saturated carbocycles. The average molecular weight is 239 g/mol. The molecule has 0 spiro atoms. The van der Waals surface area contributed by atoms with Gasteiger partial charge in [-0.05, 0) is 37.1 Å². The second-order valence-corrected chi connectivity index (χ2v) is 4.29. The molecule has 0 aliphatic rings. The molecule has 0 bridgehead atoms. The van der Waals surface area contributed by atoms with E-state index < -0.39 is 0 Å². The standard InChI is InChI=1S/C12H15ClN2O/c1-8(2)9(3)14-15-12(16)10-4-6-11(13)7-5-10/h4-8H,1-3H3,(H,15,16)/b14-9+. The SMILES string of the molecule is C/C(=N\NC(=O)c1ccc(Cl)cc1)C(C)C. The fraction of sp³-hybridized carbons (Fsp3) is 0.333. The Bertz CT molecular complexity index is 396. The van der Waals surface area contributed by atoms with Crippen molar-refractivity contribution in [2.24, 2.45) is 11.0 Å².